The normalized spacial score (nSPS) is 18.9. The van der Waals surface area contributed by atoms with Crippen molar-refractivity contribution in [2.24, 2.45) is 5.41 Å². The Hall–Kier alpha value is -1.45. The van der Waals surface area contributed by atoms with Gasteiger partial charge in [0.1, 0.15) is 5.69 Å². The molecule has 0 unspecified atom stereocenters. The molecule has 2 heterocycles. The first-order chi connectivity index (χ1) is 8.43. The smallest absolute Gasteiger partial charge is 0.270 e. The molecule has 0 saturated carbocycles. The number of amides is 1. The van der Waals surface area contributed by atoms with Gasteiger partial charge >= 0.3 is 0 Å². The number of nitrogens with two attached hydrogens (primary N) is 1. The topological polar surface area (TPSA) is 51.3 Å². The van der Waals surface area contributed by atoms with Crippen molar-refractivity contribution in [1.82, 2.24) is 9.47 Å². The maximum atomic E-state index is 12.5. The van der Waals surface area contributed by atoms with Gasteiger partial charge in [0, 0.05) is 25.8 Å². The third-order valence-corrected chi connectivity index (χ3v) is 3.88. The fraction of sp³-hybridized carbons (Fsp3) is 0.643. The van der Waals surface area contributed by atoms with E-state index in [0.29, 0.717) is 11.1 Å². The van der Waals surface area contributed by atoms with Crippen LogP contribution in [0.1, 0.15) is 44.1 Å². The molecule has 0 spiro atoms. The third kappa shape index (κ3) is 2.52. The molecule has 0 atom stereocenters. The van der Waals surface area contributed by atoms with Crippen LogP contribution in [0, 0.1) is 5.41 Å². The van der Waals surface area contributed by atoms with Crippen LogP contribution in [0.2, 0.25) is 0 Å². The molecule has 0 radical (unpaired) electrons. The van der Waals surface area contributed by atoms with E-state index in [-0.39, 0.29) is 5.91 Å². The summed E-state index contributed by atoms with van der Waals surface area (Å²) in [5, 5.41) is 0. The number of likely N-dealkylation sites (tertiary alicyclic amines) is 1. The van der Waals surface area contributed by atoms with Crippen LogP contribution >= 0.6 is 0 Å². The number of piperidine rings is 1. The molecule has 0 aliphatic carbocycles. The van der Waals surface area contributed by atoms with Crippen LogP contribution in [0.3, 0.4) is 0 Å². The predicted molar refractivity (Wildman–Crippen MR) is 73.4 cm³/mol. The van der Waals surface area contributed by atoms with Crippen molar-refractivity contribution in [1.29, 1.82) is 0 Å². The molecular weight excluding hydrogens is 226 g/mol. The van der Waals surface area contributed by atoms with Crippen LogP contribution in [0.15, 0.2) is 12.3 Å². The number of carbonyl (C=O) groups is 1. The van der Waals surface area contributed by atoms with Gasteiger partial charge in [-0.05, 0) is 31.2 Å². The minimum absolute atomic E-state index is 0.115. The van der Waals surface area contributed by atoms with Gasteiger partial charge in [0.05, 0.1) is 5.69 Å². The number of aromatic nitrogens is 1. The van der Waals surface area contributed by atoms with Crippen molar-refractivity contribution in [2.45, 2.75) is 40.2 Å². The number of carbonyl (C=O) groups excluding carboxylic acids is 1. The molecule has 1 aromatic heterocycles. The highest BCUT2D eigenvalue weighted by atomic mass is 16.2. The van der Waals surface area contributed by atoms with Crippen molar-refractivity contribution in [3.05, 3.63) is 18.0 Å². The minimum atomic E-state index is 0.115. The number of nitrogen functional groups attached to an aromatic ring is 1. The molecule has 1 aromatic rings. The van der Waals surface area contributed by atoms with Crippen LogP contribution in [-0.4, -0.2) is 28.5 Å². The van der Waals surface area contributed by atoms with E-state index in [1.807, 2.05) is 22.6 Å². The van der Waals surface area contributed by atoms with Crippen LogP contribution in [0.25, 0.3) is 0 Å². The van der Waals surface area contributed by atoms with E-state index in [1.54, 1.807) is 6.07 Å². The van der Waals surface area contributed by atoms with Crippen LogP contribution < -0.4 is 5.73 Å². The molecule has 2 rings (SSSR count). The van der Waals surface area contributed by atoms with E-state index >= 15 is 0 Å². The van der Waals surface area contributed by atoms with Crippen molar-refractivity contribution < 1.29 is 4.79 Å². The van der Waals surface area contributed by atoms with Crippen LogP contribution in [0.5, 0.6) is 0 Å². The number of anilines is 1. The zero-order chi connectivity index (χ0) is 13.3. The summed E-state index contributed by atoms with van der Waals surface area (Å²) < 4.78 is 1.93. The molecule has 0 aromatic carbocycles. The highest BCUT2D eigenvalue weighted by Crippen LogP contribution is 2.30. The summed E-state index contributed by atoms with van der Waals surface area (Å²) in [5.41, 5.74) is 7.52. The molecule has 1 amide bonds. The van der Waals surface area contributed by atoms with E-state index in [9.17, 15) is 4.79 Å². The van der Waals surface area contributed by atoms with Crippen molar-refractivity contribution >= 4 is 11.6 Å². The summed E-state index contributed by atoms with van der Waals surface area (Å²) in [6, 6.07) is 1.78. The van der Waals surface area contributed by atoms with E-state index in [4.69, 9.17) is 5.73 Å². The highest BCUT2D eigenvalue weighted by Gasteiger charge is 2.29. The Morgan fingerprint density at radius 2 is 2.00 bits per heavy atom. The molecule has 1 saturated heterocycles. The molecule has 4 heteroatoms. The first-order valence-corrected chi connectivity index (χ1v) is 6.68. The largest absolute Gasteiger partial charge is 0.397 e. The summed E-state index contributed by atoms with van der Waals surface area (Å²) in [6.07, 6.45) is 3.98. The number of nitrogens with zero attached hydrogens (tertiary/aromatic N) is 2. The Bertz CT molecular complexity index is 438. The lowest BCUT2D eigenvalue weighted by atomic mass is 9.82. The third-order valence-electron chi connectivity index (χ3n) is 3.88. The molecular formula is C14H23N3O. The molecule has 1 fully saturated rings. The van der Waals surface area contributed by atoms with E-state index in [1.165, 1.54) is 0 Å². The maximum Gasteiger partial charge on any atom is 0.270 e. The van der Waals surface area contributed by atoms with Crippen molar-refractivity contribution in [3.8, 4) is 0 Å². The molecule has 18 heavy (non-hydrogen) atoms. The SMILES string of the molecule is CCn1cc(N)cc1C(=O)N1CCC(C)(C)CC1. The Balaban J connectivity index is 2.12. The van der Waals surface area contributed by atoms with Gasteiger partial charge in [-0.25, -0.2) is 0 Å². The van der Waals surface area contributed by atoms with E-state index in [0.717, 1.165) is 38.2 Å². The van der Waals surface area contributed by atoms with E-state index < -0.39 is 0 Å². The maximum absolute atomic E-state index is 12.5. The van der Waals surface area contributed by atoms with Gasteiger partial charge < -0.3 is 15.2 Å². The van der Waals surface area contributed by atoms with Gasteiger partial charge in [-0.1, -0.05) is 13.8 Å². The Kier molecular flexibility index (Phi) is 3.37. The summed E-state index contributed by atoms with van der Waals surface area (Å²) >= 11 is 0. The van der Waals surface area contributed by atoms with Crippen molar-refractivity contribution in [3.63, 3.8) is 0 Å². The number of rotatable bonds is 2. The fourth-order valence-electron chi connectivity index (χ4n) is 2.45. The van der Waals surface area contributed by atoms with Gasteiger partial charge in [0.25, 0.3) is 5.91 Å². The number of aryl methyl sites for hydroxylation is 1. The first kappa shape index (κ1) is 13.0. The van der Waals surface area contributed by atoms with Gasteiger partial charge in [0.15, 0.2) is 0 Å². The summed E-state index contributed by atoms with van der Waals surface area (Å²) in [7, 11) is 0. The molecule has 0 bridgehead atoms. The lowest BCUT2D eigenvalue weighted by Crippen LogP contribution is -2.41. The summed E-state index contributed by atoms with van der Waals surface area (Å²) in [6.45, 7) is 9.03. The average molecular weight is 249 g/mol. The van der Waals surface area contributed by atoms with Gasteiger partial charge in [-0.2, -0.15) is 0 Å². The monoisotopic (exact) mass is 249 g/mol. The minimum Gasteiger partial charge on any atom is -0.397 e. The second-order valence-electron chi connectivity index (χ2n) is 5.90. The van der Waals surface area contributed by atoms with Crippen molar-refractivity contribution in [2.75, 3.05) is 18.8 Å². The highest BCUT2D eigenvalue weighted by molar-refractivity contribution is 5.93. The standard InChI is InChI=1S/C14H23N3O/c1-4-16-10-11(15)9-12(16)13(18)17-7-5-14(2,3)6-8-17/h9-10H,4-8,15H2,1-3H3. The summed E-state index contributed by atoms with van der Waals surface area (Å²) in [4.78, 5) is 14.4. The van der Waals surface area contributed by atoms with Crippen LogP contribution in [0.4, 0.5) is 5.69 Å². The fourth-order valence-corrected chi connectivity index (χ4v) is 2.45. The zero-order valence-corrected chi connectivity index (χ0v) is 11.6. The lowest BCUT2D eigenvalue weighted by molar-refractivity contribution is 0.0620. The molecule has 2 N–H and O–H groups in total. The van der Waals surface area contributed by atoms with Crippen LogP contribution in [-0.2, 0) is 6.54 Å². The second-order valence-corrected chi connectivity index (χ2v) is 5.90. The zero-order valence-electron chi connectivity index (χ0n) is 11.6. The lowest BCUT2D eigenvalue weighted by Gasteiger charge is -2.36. The molecule has 1 aliphatic rings. The molecule has 100 valence electrons. The number of hydrogen-bond donors (Lipinski definition) is 1. The summed E-state index contributed by atoms with van der Waals surface area (Å²) in [5.74, 6) is 0.115. The molecule has 4 nitrogen and oxygen atoms in total. The van der Waals surface area contributed by atoms with Gasteiger partial charge in [0.2, 0.25) is 0 Å². The van der Waals surface area contributed by atoms with Gasteiger partial charge in [-0.3, -0.25) is 4.79 Å². The number of hydrogen-bond acceptors (Lipinski definition) is 2. The van der Waals surface area contributed by atoms with Gasteiger partial charge in [-0.15, -0.1) is 0 Å². The Morgan fingerprint density at radius 3 is 2.56 bits per heavy atom. The molecule has 1 aliphatic heterocycles. The average Bonchev–Trinajstić information content (AvgIpc) is 2.69. The van der Waals surface area contributed by atoms with E-state index in [2.05, 4.69) is 13.8 Å². The second kappa shape index (κ2) is 4.67. The predicted octanol–water partition coefficient (Wildman–Crippen LogP) is 2.35. The first-order valence-electron chi connectivity index (χ1n) is 6.68. The quantitative estimate of drug-likeness (QED) is 0.874. The Morgan fingerprint density at radius 1 is 1.39 bits per heavy atom. The Labute approximate surface area is 109 Å².